The quantitative estimate of drug-likeness (QED) is 0.721. The number of carbonyl (C=O) groups is 1. The molecule has 0 saturated carbocycles. The molecule has 1 aromatic rings. The van der Waals surface area contributed by atoms with Crippen molar-refractivity contribution in [3.63, 3.8) is 0 Å². The zero-order valence-electron chi connectivity index (χ0n) is 6.13. The predicted molar refractivity (Wildman–Crippen MR) is 39.9 cm³/mol. The number of carbonyl (C=O) groups excluding carboxylic acids is 1. The van der Waals surface area contributed by atoms with Gasteiger partial charge in [0.05, 0.1) is 0 Å². The van der Waals surface area contributed by atoms with E-state index in [1.807, 2.05) is 0 Å². The molecule has 12 heavy (non-hydrogen) atoms. The van der Waals surface area contributed by atoms with Crippen LogP contribution in [0, 0.1) is 0 Å². The summed E-state index contributed by atoms with van der Waals surface area (Å²) >= 11 is 0. The maximum Gasteiger partial charge on any atom is 0.263 e. The van der Waals surface area contributed by atoms with Gasteiger partial charge < -0.3 is 5.73 Å². The van der Waals surface area contributed by atoms with Crippen molar-refractivity contribution >= 4 is 5.91 Å². The molecule has 1 rings (SSSR count). The fourth-order valence-electron chi connectivity index (χ4n) is 0.793. The Hall–Kier alpha value is -1.45. The lowest BCUT2D eigenvalue weighted by molar-refractivity contribution is 0.0999. The average Bonchev–Trinajstić information content (AvgIpc) is 2.04. The van der Waals surface area contributed by atoms with E-state index in [4.69, 9.17) is 5.73 Å². The van der Waals surface area contributed by atoms with Crippen LogP contribution in [0.5, 0.6) is 0 Å². The van der Waals surface area contributed by atoms with E-state index in [1.54, 1.807) is 0 Å². The van der Waals surface area contributed by atoms with Crippen LogP contribution < -0.4 is 5.73 Å². The van der Waals surface area contributed by atoms with E-state index < -0.39 is 12.3 Å². The molecule has 0 fully saturated rings. The molecule has 0 saturated heterocycles. The van der Waals surface area contributed by atoms with E-state index in [0.717, 1.165) is 0 Å². The van der Waals surface area contributed by atoms with Crippen molar-refractivity contribution < 1.29 is 13.6 Å². The Morgan fingerprint density at radius 3 is 2.08 bits per heavy atom. The molecule has 0 aliphatic rings. The van der Waals surface area contributed by atoms with Crippen molar-refractivity contribution in [3.8, 4) is 0 Å². The first kappa shape index (κ1) is 8.64. The zero-order chi connectivity index (χ0) is 9.14. The number of nitrogens with two attached hydrogens (primary N) is 1. The van der Waals surface area contributed by atoms with Crippen molar-refractivity contribution in [1.29, 1.82) is 0 Å². The summed E-state index contributed by atoms with van der Waals surface area (Å²) in [6.45, 7) is 0. The largest absolute Gasteiger partial charge is 0.366 e. The Morgan fingerprint density at radius 2 is 1.75 bits per heavy atom. The maximum atomic E-state index is 12.0. The molecule has 4 heteroatoms. The second kappa shape index (κ2) is 3.30. The molecule has 1 atom stereocenters. The third-order valence-corrected chi connectivity index (χ3v) is 1.45. The molecule has 1 aromatic carbocycles. The highest BCUT2D eigenvalue weighted by Crippen LogP contribution is 2.18. The maximum absolute atomic E-state index is 12.0. The summed E-state index contributed by atoms with van der Waals surface area (Å²) < 4.78 is 24.0. The molecular weight excluding hydrogens is 163 g/mol. The van der Waals surface area contributed by atoms with E-state index in [-0.39, 0.29) is 11.1 Å². The number of hydrogen-bond donors (Lipinski definition) is 1. The van der Waals surface area contributed by atoms with E-state index in [0.29, 0.717) is 0 Å². The average molecular weight is 170 g/mol. The minimum atomic E-state index is -2.51. The van der Waals surface area contributed by atoms with Crippen molar-refractivity contribution in [1.82, 2.24) is 0 Å². The summed E-state index contributed by atoms with van der Waals surface area (Å²) in [6, 6.07) is 4.93. The van der Waals surface area contributed by atoms with Crippen molar-refractivity contribution in [2.45, 2.75) is 6.43 Å². The van der Waals surface area contributed by atoms with Crippen LogP contribution in [0.1, 0.15) is 22.3 Å². The van der Waals surface area contributed by atoms with Crippen molar-refractivity contribution in [3.05, 3.63) is 35.4 Å². The number of rotatable bonds is 2. The van der Waals surface area contributed by atoms with Crippen LogP contribution in [0.3, 0.4) is 0 Å². The summed E-state index contributed by atoms with van der Waals surface area (Å²) in [7, 11) is 0. The first-order valence-electron chi connectivity index (χ1n) is 3.29. The second-order valence-corrected chi connectivity index (χ2v) is 2.29. The molecule has 2 nitrogen and oxygen atoms in total. The first-order chi connectivity index (χ1) is 5.61. The number of amides is 1. The summed E-state index contributed by atoms with van der Waals surface area (Å²) in [5.74, 6) is -0.615. The molecule has 2 N–H and O–H groups in total. The normalized spacial score (nSPS) is 12.5. The highest BCUT2D eigenvalue weighted by molar-refractivity contribution is 5.92. The minimum Gasteiger partial charge on any atom is -0.366 e. The van der Waals surface area contributed by atoms with Gasteiger partial charge in [0.25, 0.3) is 6.43 Å². The van der Waals surface area contributed by atoms with Crippen LogP contribution >= 0.6 is 0 Å². The molecule has 0 aromatic heterocycles. The van der Waals surface area contributed by atoms with Crippen LogP contribution in [-0.4, -0.2) is 5.91 Å². The summed E-state index contributed by atoms with van der Waals surface area (Å²) in [6.07, 6.45) is -2.51. The van der Waals surface area contributed by atoms with Gasteiger partial charge in [0, 0.05) is 11.1 Å². The molecule has 1 amide bonds. The molecule has 0 bridgehead atoms. The number of primary amides is 1. The van der Waals surface area contributed by atoms with Crippen LogP contribution in [0.2, 0.25) is 0 Å². The number of alkyl halides is 2. The van der Waals surface area contributed by atoms with Gasteiger partial charge in [0.1, 0.15) is 0 Å². The van der Waals surface area contributed by atoms with Gasteiger partial charge in [-0.15, -0.1) is 0 Å². The van der Waals surface area contributed by atoms with E-state index in [9.17, 15) is 13.6 Å². The molecule has 0 aliphatic heterocycles. The van der Waals surface area contributed by atoms with Crippen LogP contribution in [0.15, 0.2) is 24.3 Å². The first-order valence-corrected chi connectivity index (χ1v) is 3.29. The summed E-state index contributed by atoms with van der Waals surface area (Å²) in [4.78, 5) is 10.5. The standard InChI is InChI=1S/C8H7F2NO/c9-7(10)5-1-3-6(4-2-5)8(11)12/h1-4,7H,(H2,11,12)/i9-1. The van der Waals surface area contributed by atoms with Gasteiger partial charge in [-0.25, -0.2) is 8.78 Å². The van der Waals surface area contributed by atoms with Crippen LogP contribution in [0.4, 0.5) is 8.78 Å². The van der Waals surface area contributed by atoms with Gasteiger partial charge in [-0.3, -0.25) is 4.79 Å². The molecule has 1 unspecified atom stereocenters. The van der Waals surface area contributed by atoms with Gasteiger partial charge in [0.2, 0.25) is 5.91 Å². The smallest absolute Gasteiger partial charge is 0.263 e. The number of benzene rings is 1. The van der Waals surface area contributed by atoms with Gasteiger partial charge in [-0.1, -0.05) is 12.1 Å². The third kappa shape index (κ3) is 1.78. The minimum absolute atomic E-state index is 0.111. The molecule has 64 valence electrons. The lowest BCUT2D eigenvalue weighted by Gasteiger charge is -1.99. The van der Waals surface area contributed by atoms with Crippen LogP contribution in [-0.2, 0) is 0 Å². The molecule has 0 radical (unpaired) electrons. The summed E-state index contributed by atoms with van der Waals surface area (Å²) in [5, 5.41) is 0. The van der Waals surface area contributed by atoms with Gasteiger partial charge in [-0.2, -0.15) is 0 Å². The Morgan fingerprint density at radius 1 is 1.25 bits per heavy atom. The van der Waals surface area contributed by atoms with E-state index in [2.05, 4.69) is 0 Å². The Bertz CT molecular complexity index is 282. The van der Waals surface area contributed by atoms with Gasteiger partial charge in [0.15, 0.2) is 0 Å². The molecule has 0 spiro atoms. The fourth-order valence-corrected chi connectivity index (χ4v) is 0.793. The SMILES string of the molecule is NC(=O)c1ccc(C(F)[18F])cc1. The second-order valence-electron chi connectivity index (χ2n) is 2.29. The third-order valence-electron chi connectivity index (χ3n) is 1.45. The number of halogens is 2. The summed E-state index contributed by atoms with van der Waals surface area (Å²) in [5.41, 5.74) is 5.04. The molecular formula is C8H7F2NO. The lowest BCUT2D eigenvalue weighted by atomic mass is 10.1. The van der Waals surface area contributed by atoms with Crippen LogP contribution in [0.25, 0.3) is 0 Å². The topological polar surface area (TPSA) is 43.1 Å². The van der Waals surface area contributed by atoms with Crippen molar-refractivity contribution in [2.24, 2.45) is 5.73 Å². The molecule has 0 aliphatic carbocycles. The van der Waals surface area contributed by atoms with E-state index in [1.165, 1.54) is 24.3 Å². The monoisotopic (exact) mass is 170 g/mol. The Labute approximate surface area is 68.0 Å². The van der Waals surface area contributed by atoms with Gasteiger partial charge in [-0.05, 0) is 12.1 Å². The molecule has 0 heterocycles. The predicted octanol–water partition coefficient (Wildman–Crippen LogP) is 1.72. The fraction of sp³-hybridized carbons (Fsp3) is 0.125. The highest BCUT2D eigenvalue weighted by Gasteiger charge is 2.06. The van der Waals surface area contributed by atoms with Crippen molar-refractivity contribution in [2.75, 3.05) is 0 Å². The Balaban J connectivity index is 2.93. The van der Waals surface area contributed by atoms with E-state index >= 15 is 0 Å². The number of hydrogen-bond acceptors (Lipinski definition) is 1. The van der Waals surface area contributed by atoms with Gasteiger partial charge >= 0.3 is 0 Å². The zero-order valence-corrected chi connectivity index (χ0v) is 6.13. The lowest BCUT2D eigenvalue weighted by Crippen LogP contribution is -2.10. The Kier molecular flexibility index (Phi) is 2.38. The highest BCUT2D eigenvalue weighted by atomic mass is 19.2.